The summed E-state index contributed by atoms with van der Waals surface area (Å²) in [5, 5.41) is 2.85. The Balaban J connectivity index is 1.26. The van der Waals surface area contributed by atoms with Crippen molar-refractivity contribution < 1.29 is 14.3 Å². The zero-order valence-corrected chi connectivity index (χ0v) is 18.4. The monoisotopic (exact) mass is 446 g/mol. The van der Waals surface area contributed by atoms with Crippen LogP contribution in [0.15, 0.2) is 77.7 Å². The number of aromatic nitrogens is 3. The lowest BCUT2D eigenvalue weighted by atomic mass is 10.3. The first-order valence-corrected chi connectivity index (χ1v) is 10.9. The van der Waals surface area contributed by atoms with Gasteiger partial charge < -0.3 is 14.8 Å². The predicted octanol–water partition coefficient (Wildman–Crippen LogP) is 2.99. The maximum atomic E-state index is 12.7. The minimum atomic E-state index is -0.241. The lowest BCUT2D eigenvalue weighted by molar-refractivity contribution is -0.121. The van der Waals surface area contributed by atoms with Crippen molar-refractivity contribution in [3.8, 4) is 11.6 Å². The predicted molar refractivity (Wildman–Crippen MR) is 125 cm³/mol. The molecule has 4 aromatic rings. The number of ether oxygens (including phenoxy) is 2. The zero-order chi connectivity index (χ0) is 23.0. The molecule has 2 aromatic carbocycles. The van der Waals surface area contributed by atoms with E-state index in [-0.39, 0.29) is 18.1 Å². The van der Waals surface area contributed by atoms with E-state index in [1.54, 1.807) is 16.8 Å². The van der Waals surface area contributed by atoms with Crippen LogP contribution in [-0.4, -0.2) is 33.2 Å². The number of fused-ring (bicyclic) bond motifs is 1. The van der Waals surface area contributed by atoms with Crippen LogP contribution < -0.4 is 20.5 Å². The van der Waals surface area contributed by atoms with Gasteiger partial charge in [0.25, 0.3) is 0 Å². The molecule has 0 unspecified atom stereocenters. The molecule has 170 valence electrons. The van der Waals surface area contributed by atoms with E-state index >= 15 is 0 Å². The number of benzene rings is 2. The summed E-state index contributed by atoms with van der Waals surface area (Å²) in [6.45, 7) is 3.52. The standard InChI is InChI=1S/C25H26N4O4/c1-2-28-21-10-6-7-11-22(21)29(25(28)31)18-23(30)26-16-19-12-13-24(27-17-19)33-15-14-32-20-8-4-3-5-9-20/h3-13,17H,2,14-16,18H2,1H3,(H,26,30). The molecule has 0 atom stereocenters. The van der Waals surface area contributed by atoms with E-state index in [2.05, 4.69) is 10.3 Å². The summed E-state index contributed by atoms with van der Waals surface area (Å²) in [7, 11) is 0. The van der Waals surface area contributed by atoms with Gasteiger partial charge in [0.05, 0.1) is 11.0 Å². The number of pyridine rings is 1. The van der Waals surface area contributed by atoms with Gasteiger partial charge >= 0.3 is 5.69 Å². The molecule has 0 spiro atoms. The van der Waals surface area contributed by atoms with Crippen molar-refractivity contribution in [2.24, 2.45) is 0 Å². The molecule has 1 amide bonds. The van der Waals surface area contributed by atoms with Crippen LogP contribution in [0.5, 0.6) is 11.6 Å². The van der Waals surface area contributed by atoms with Crippen LogP contribution >= 0.6 is 0 Å². The van der Waals surface area contributed by atoms with Gasteiger partial charge in [-0.05, 0) is 36.8 Å². The van der Waals surface area contributed by atoms with Gasteiger partial charge in [0.15, 0.2) is 0 Å². The third-order valence-corrected chi connectivity index (χ3v) is 5.18. The average molecular weight is 447 g/mol. The highest BCUT2D eigenvalue weighted by Crippen LogP contribution is 2.13. The molecule has 0 saturated heterocycles. The number of aryl methyl sites for hydroxylation is 1. The largest absolute Gasteiger partial charge is 0.490 e. The Morgan fingerprint density at radius 1 is 0.909 bits per heavy atom. The Morgan fingerprint density at radius 2 is 1.61 bits per heavy atom. The first-order chi connectivity index (χ1) is 16.2. The summed E-state index contributed by atoms with van der Waals surface area (Å²) < 4.78 is 14.3. The number of rotatable bonds is 10. The van der Waals surface area contributed by atoms with Crippen molar-refractivity contribution in [3.05, 3.63) is 89.0 Å². The Kier molecular flexibility index (Phi) is 7.04. The molecule has 33 heavy (non-hydrogen) atoms. The fourth-order valence-electron chi connectivity index (χ4n) is 3.55. The van der Waals surface area contributed by atoms with Crippen molar-refractivity contribution >= 4 is 16.9 Å². The zero-order valence-electron chi connectivity index (χ0n) is 18.4. The molecule has 2 aromatic heterocycles. The number of imidazole rings is 1. The van der Waals surface area contributed by atoms with Gasteiger partial charge in [0.2, 0.25) is 11.8 Å². The van der Waals surface area contributed by atoms with E-state index in [4.69, 9.17) is 9.47 Å². The topological polar surface area (TPSA) is 87.4 Å². The highest BCUT2D eigenvalue weighted by molar-refractivity contribution is 5.80. The summed E-state index contributed by atoms with van der Waals surface area (Å²) in [6.07, 6.45) is 1.66. The Hall–Kier alpha value is -4.07. The SMILES string of the molecule is CCn1c(=O)n(CC(=O)NCc2ccc(OCCOc3ccccc3)nc2)c2ccccc21. The van der Waals surface area contributed by atoms with E-state index in [0.717, 1.165) is 22.3 Å². The molecule has 0 aliphatic rings. The summed E-state index contributed by atoms with van der Waals surface area (Å²) >= 11 is 0. The van der Waals surface area contributed by atoms with Gasteiger partial charge in [-0.15, -0.1) is 0 Å². The molecule has 0 fully saturated rings. The van der Waals surface area contributed by atoms with Crippen LogP contribution in [0.3, 0.4) is 0 Å². The van der Waals surface area contributed by atoms with Crippen molar-refractivity contribution in [2.75, 3.05) is 13.2 Å². The molecule has 2 heterocycles. The maximum Gasteiger partial charge on any atom is 0.329 e. The second-order valence-corrected chi connectivity index (χ2v) is 7.39. The average Bonchev–Trinajstić information content (AvgIpc) is 3.12. The van der Waals surface area contributed by atoms with Crippen molar-refractivity contribution in [3.63, 3.8) is 0 Å². The number of carbonyl (C=O) groups is 1. The molecule has 0 aliphatic carbocycles. The smallest absolute Gasteiger partial charge is 0.329 e. The minimum Gasteiger partial charge on any atom is -0.490 e. The van der Waals surface area contributed by atoms with Crippen molar-refractivity contribution in [1.82, 2.24) is 19.4 Å². The summed E-state index contributed by atoms with van der Waals surface area (Å²) in [5.41, 5.74) is 2.22. The lowest BCUT2D eigenvalue weighted by Gasteiger charge is -2.09. The van der Waals surface area contributed by atoms with Crippen LogP contribution in [-0.2, 0) is 24.4 Å². The van der Waals surface area contributed by atoms with E-state index < -0.39 is 0 Å². The quantitative estimate of drug-likeness (QED) is 0.379. The van der Waals surface area contributed by atoms with Gasteiger partial charge in [0.1, 0.15) is 25.5 Å². The van der Waals surface area contributed by atoms with Crippen LogP contribution in [0.1, 0.15) is 12.5 Å². The van der Waals surface area contributed by atoms with Gasteiger partial charge in [-0.3, -0.25) is 13.9 Å². The molecule has 0 radical (unpaired) electrons. The number of para-hydroxylation sites is 3. The fraction of sp³-hybridized carbons (Fsp3) is 0.240. The summed E-state index contributed by atoms with van der Waals surface area (Å²) in [5.74, 6) is 1.04. The number of amides is 1. The lowest BCUT2D eigenvalue weighted by Crippen LogP contribution is -2.32. The molecular formula is C25H26N4O4. The Labute approximate surface area is 191 Å². The van der Waals surface area contributed by atoms with Crippen LogP contribution in [0.2, 0.25) is 0 Å². The number of nitrogens with zero attached hydrogens (tertiary/aromatic N) is 3. The molecule has 1 N–H and O–H groups in total. The van der Waals surface area contributed by atoms with Gasteiger partial charge in [-0.25, -0.2) is 9.78 Å². The highest BCUT2D eigenvalue weighted by atomic mass is 16.5. The normalized spacial score (nSPS) is 10.8. The second-order valence-electron chi connectivity index (χ2n) is 7.39. The Bertz CT molecular complexity index is 1260. The summed E-state index contributed by atoms with van der Waals surface area (Å²) in [4.78, 5) is 29.4. The van der Waals surface area contributed by atoms with Crippen LogP contribution in [0, 0.1) is 0 Å². The molecule has 0 saturated carbocycles. The number of hydrogen-bond donors (Lipinski definition) is 1. The van der Waals surface area contributed by atoms with E-state index in [1.807, 2.05) is 67.6 Å². The van der Waals surface area contributed by atoms with Crippen LogP contribution in [0.4, 0.5) is 0 Å². The van der Waals surface area contributed by atoms with E-state index in [9.17, 15) is 9.59 Å². The third kappa shape index (κ3) is 5.41. The second kappa shape index (κ2) is 10.5. The first kappa shape index (κ1) is 22.1. The van der Waals surface area contributed by atoms with Crippen LogP contribution in [0.25, 0.3) is 11.0 Å². The number of carbonyl (C=O) groups excluding carboxylic acids is 1. The highest BCUT2D eigenvalue weighted by Gasteiger charge is 2.14. The molecule has 0 bridgehead atoms. The van der Waals surface area contributed by atoms with Crippen molar-refractivity contribution in [1.29, 1.82) is 0 Å². The first-order valence-electron chi connectivity index (χ1n) is 10.9. The molecule has 8 nitrogen and oxygen atoms in total. The number of hydrogen-bond acceptors (Lipinski definition) is 5. The van der Waals surface area contributed by atoms with E-state index in [1.165, 1.54) is 4.57 Å². The molecular weight excluding hydrogens is 420 g/mol. The molecule has 8 heteroatoms. The van der Waals surface area contributed by atoms with E-state index in [0.29, 0.717) is 32.2 Å². The fourth-order valence-corrected chi connectivity index (χ4v) is 3.55. The summed E-state index contributed by atoms with van der Waals surface area (Å²) in [6, 6.07) is 20.6. The molecule has 0 aliphatic heterocycles. The Morgan fingerprint density at radius 3 is 2.30 bits per heavy atom. The molecule has 4 rings (SSSR count). The number of nitrogens with one attached hydrogen (secondary N) is 1. The van der Waals surface area contributed by atoms with Gasteiger partial charge in [0, 0.05) is 25.4 Å². The third-order valence-electron chi connectivity index (χ3n) is 5.18. The minimum absolute atomic E-state index is 0.0393. The maximum absolute atomic E-state index is 12.7. The van der Waals surface area contributed by atoms with Crippen molar-refractivity contribution in [2.45, 2.75) is 26.6 Å². The van der Waals surface area contributed by atoms with Gasteiger partial charge in [-0.2, -0.15) is 0 Å². The van der Waals surface area contributed by atoms with Gasteiger partial charge in [-0.1, -0.05) is 36.4 Å².